The monoisotopic (exact) mass is 418 g/mol. The summed E-state index contributed by atoms with van der Waals surface area (Å²) in [7, 11) is 1.96. The highest BCUT2D eigenvalue weighted by Crippen LogP contribution is 2.28. The number of benzene rings is 2. The minimum Gasteiger partial charge on any atom is -0.438 e. The molecule has 3 heterocycles. The molecule has 0 spiro atoms. The summed E-state index contributed by atoms with van der Waals surface area (Å²) in [6, 6.07) is 18.9. The van der Waals surface area contributed by atoms with Crippen molar-refractivity contribution < 1.29 is 9.53 Å². The smallest absolute Gasteiger partial charge is 0.255 e. The maximum atomic E-state index is 12.6. The van der Waals surface area contributed by atoms with Crippen LogP contribution in [0.4, 0.5) is 5.69 Å². The fraction of sp³-hybridized carbons (Fsp3) is 0.0435. The van der Waals surface area contributed by atoms with Crippen molar-refractivity contribution in [3.05, 3.63) is 84.8 Å². The van der Waals surface area contributed by atoms with Crippen LogP contribution in [0.5, 0.6) is 11.6 Å². The first-order valence-electron chi connectivity index (χ1n) is 9.24. The van der Waals surface area contributed by atoms with Gasteiger partial charge in [0.1, 0.15) is 5.75 Å². The number of nitrogens with one attached hydrogen (secondary N) is 2. The first kappa shape index (κ1) is 19.5. The topological polar surface area (TPSA) is 71.9 Å². The Balaban J connectivity index is 0.00000218. The maximum Gasteiger partial charge on any atom is 0.255 e. The van der Waals surface area contributed by atoms with Crippen molar-refractivity contribution >= 4 is 45.8 Å². The van der Waals surface area contributed by atoms with Gasteiger partial charge in [0.05, 0.1) is 11.9 Å². The molecule has 0 saturated heterocycles. The maximum absolute atomic E-state index is 12.6. The van der Waals surface area contributed by atoms with E-state index in [1.54, 1.807) is 18.3 Å². The number of hydrogen-bond acceptors (Lipinski definition) is 3. The molecule has 2 aromatic carbocycles. The van der Waals surface area contributed by atoms with Gasteiger partial charge in [0.15, 0.2) is 0 Å². The number of aromatic nitrogens is 3. The Morgan fingerprint density at radius 2 is 2.00 bits per heavy atom. The van der Waals surface area contributed by atoms with Crippen molar-refractivity contribution in [3.8, 4) is 11.6 Å². The predicted molar refractivity (Wildman–Crippen MR) is 121 cm³/mol. The van der Waals surface area contributed by atoms with E-state index in [0.717, 1.165) is 27.6 Å². The molecular formula is C23H19ClN4O2. The lowest BCUT2D eigenvalue weighted by Crippen LogP contribution is -2.12. The number of pyridine rings is 1. The summed E-state index contributed by atoms with van der Waals surface area (Å²) in [6.45, 7) is 0. The third-order valence-corrected chi connectivity index (χ3v) is 4.91. The molecule has 0 bridgehead atoms. The van der Waals surface area contributed by atoms with E-state index < -0.39 is 0 Å². The Hall–Kier alpha value is -3.77. The van der Waals surface area contributed by atoms with Gasteiger partial charge in [-0.05, 0) is 47.9 Å². The minimum atomic E-state index is -0.180. The second kappa shape index (κ2) is 7.93. The predicted octanol–water partition coefficient (Wildman–Crippen LogP) is 5.52. The summed E-state index contributed by atoms with van der Waals surface area (Å²) in [5.74, 6) is 1.01. The van der Waals surface area contributed by atoms with Crippen LogP contribution < -0.4 is 10.1 Å². The Morgan fingerprint density at radius 1 is 1.10 bits per heavy atom. The summed E-state index contributed by atoms with van der Waals surface area (Å²) >= 11 is 0. The molecule has 0 fully saturated rings. The molecule has 0 radical (unpaired) electrons. The highest BCUT2D eigenvalue weighted by atomic mass is 35.5. The lowest BCUT2D eigenvalue weighted by molar-refractivity contribution is 0.102. The van der Waals surface area contributed by atoms with Gasteiger partial charge >= 0.3 is 0 Å². The Bertz CT molecular complexity index is 1340. The van der Waals surface area contributed by atoms with E-state index >= 15 is 0 Å². The third-order valence-electron chi connectivity index (χ3n) is 4.91. The second-order valence-corrected chi connectivity index (χ2v) is 6.84. The average Bonchev–Trinajstić information content (AvgIpc) is 3.37. The fourth-order valence-electron chi connectivity index (χ4n) is 3.38. The molecule has 5 rings (SSSR count). The number of fused-ring (bicyclic) bond motifs is 2. The van der Waals surface area contributed by atoms with Crippen LogP contribution >= 0.6 is 12.4 Å². The van der Waals surface area contributed by atoms with Gasteiger partial charge in [-0.3, -0.25) is 4.79 Å². The number of H-pyrrole nitrogens is 1. The molecule has 0 atom stereocenters. The largest absolute Gasteiger partial charge is 0.438 e. The molecular weight excluding hydrogens is 400 g/mol. The summed E-state index contributed by atoms with van der Waals surface area (Å²) in [4.78, 5) is 20.1. The van der Waals surface area contributed by atoms with Gasteiger partial charge in [-0.25, -0.2) is 4.98 Å². The number of carbonyl (C=O) groups is 1. The third kappa shape index (κ3) is 3.60. The lowest BCUT2D eigenvalue weighted by Gasteiger charge is -2.08. The first-order valence-corrected chi connectivity index (χ1v) is 9.24. The molecule has 0 aliphatic carbocycles. The van der Waals surface area contributed by atoms with Gasteiger partial charge in [-0.15, -0.1) is 12.4 Å². The van der Waals surface area contributed by atoms with Crippen LogP contribution in [0.15, 0.2) is 79.3 Å². The van der Waals surface area contributed by atoms with Gasteiger partial charge in [-0.1, -0.05) is 12.1 Å². The molecule has 0 saturated carbocycles. The summed E-state index contributed by atoms with van der Waals surface area (Å²) in [5.41, 5.74) is 3.22. The van der Waals surface area contributed by atoms with E-state index in [1.807, 2.05) is 72.5 Å². The number of carbonyl (C=O) groups excluding carboxylic acids is 1. The quantitative estimate of drug-likeness (QED) is 0.403. The van der Waals surface area contributed by atoms with Crippen molar-refractivity contribution in [2.45, 2.75) is 0 Å². The van der Waals surface area contributed by atoms with Gasteiger partial charge in [-0.2, -0.15) is 0 Å². The lowest BCUT2D eigenvalue weighted by atomic mass is 10.1. The molecule has 6 nitrogen and oxygen atoms in total. The molecule has 7 heteroatoms. The van der Waals surface area contributed by atoms with Crippen molar-refractivity contribution in [1.29, 1.82) is 0 Å². The Morgan fingerprint density at radius 3 is 2.83 bits per heavy atom. The molecule has 0 aliphatic rings. The number of aromatic amines is 1. The molecule has 0 aliphatic heterocycles. The van der Waals surface area contributed by atoms with Gasteiger partial charge in [0.25, 0.3) is 5.91 Å². The van der Waals surface area contributed by atoms with Crippen LogP contribution in [0.3, 0.4) is 0 Å². The van der Waals surface area contributed by atoms with Crippen LogP contribution in [0.25, 0.3) is 21.8 Å². The van der Waals surface area contributed by atoms with E-state index in [1.165, 1.54) is 0 Å². The van der Waals surface area contributed by atoms with Crippen molar-refractivity contribution in [2.24, 2.45) is 7.05 Å². The normalized spacial score (nSPS) is 10.7. The SMILES string of the molecule is Cl.Cn1ccc2ccc(C(=O)Nc3ccc(Oc4cccc5[nH]ccc45)nc3)cc21. The van der Waals surface area contributed by atoms with Crippen molar-refractivity contribution in [1.82, 2.24) is 14.5 Å². The van der Waals surface area contributed by atoms with Gasteiger partial charge in [0.2, 0.25) is 5.88 Å². The van der Waals surface area contributed by atoms with Gasteiger partial charge < -0.3 is 19.6 Å². The van der Waals surface area contributed by atoms with E-state index in [2.05, 4.69) is 15.3 Å². The highest BCUT2D eigenvalue weighted by Gasteiger charge is 2.10. The number of rotatable bonds is 4. The van der Waals surface area contributed by atoms with E-state index in [0.29, 0.717) is 17.1 Å². The highest BCUT2D eigenvalue weighted by molar-refractivity contribution is 6.06. The number of aryl methyl sites for hydroxylation is 1. The zero-order valence-corrected chi connectivity index (χ0v) is 16.9. The Labute approximate surface area is 178 Å². The summed E-state index contributed by atoms with van der Waals surface area (Å²) in [6.07, 6.45) is 5.44. The summed E-state index contributed by atoms with van der Waals surface area (Å²) in [5, 5.41) is 4.97. The fourth-order valence-corrected chi connectivity index (χ4v) is 3.38. The number of nitrogens with zero attached hydrogens (tertiary/aromatic N) is 2. The van der Waals surface area contributed by atoms with Crippen molar-refractivity contribution in [3.63, 3.8) is 0 Å². The molecule has 0 unspecified atom stereocenters. The van der Waals surface area contributed by atoms with Crippen LogP contribution in [-0.4, -0.2) is 20.4 Å². The number of amides is 1. The minimum absolute atomic E-state index is 0. The zero-order valence-electron chi connectivity index (χ0n) is 16.1. The zero-order chi connectivity index (χ0) is 19.8. The van der Waals surface area contributed by atoms with Crippen LogP contribution in [-0.2, 0) is 7.05 Å². The Kier molecular flexibility index (Phi) is 5.16. The van der Waals surface area contributed by atoms with E-state index in [4.69, 9.17) is 4.74 Å². The molecule has 5 aromatic rings. The number of halogens is 1. The number of ether oxygens (including phenoxy) is 1. The molecule has 1 amide bonds. The number of anilines is 1. The first-order chi connectivity index (χ1) is 14.2. The van der Waals surface area contributed by atoms with Gasteiger partial charge in [0, 0.05) is 47.5 Å². The second-order valence-electron chi connectivity index (χ2n) is 6.84. The van der Waals surface area contributed by atoms with E-state index in [9.17, 15) is 4.79 Å². The molecule has 150 valence electrons. The average molecular weight is 419 g/mol. The van der Waals surface area contributed by atoms with Crippen LogP contribution in [0.2, 0.25) is 0 Å². The molecule has 30 heavy (non-hydrogen) atoms. The van der Waals surface area contributed by atoms with Crippen LogP contribution in [0.1, 0.15) is 10.4 Å². The van der Waals surface area contributed by atoms with E-state index in [-0.39, 0.29) is 18.3 Å². The van der Waals surface area contributed by atoms with Crippen LogP contribution in [0, 0.1) is 0 Å². The standard InChI is InChI=1S/C23H18N4O2.ClH/c1-27-12-10-15-5-6-16(13-20(15)27)23(28)26-17-7-8-22(25-14-17)29-21-4-2-3-19-18(21)9-11-24-19;/h2-14,24H,1H3,(H,26,28);1H. The molecule has 2 N–H and O–H groups in total. The summed E-state index contributed by atoms with van der Waals surface area (Å²) < 4.78 is 7.89. The number of hydrogen-bond donors (Lipinski definition) is 2. The van der Waals surface area contributed by atoms with Crippen molar-refractivity contribution in [2.75, 3.05) is 5.32 Å². The molecule has 3 aromatic heterocycles.